The highest BCUT2D eigenvalue weighted by atomic mass is 16.2. The minimum absolute atomic E-state index is 0.0701. The number of aryl methyl sites for hydroxylation is 1. The van der Waals surface area contributed by atoms with Crippen LogP contribution in [0.15, 0.2) is 48.5 Å². The second kappa shape index (κ2) is 6.55. The van der Waals surface area contributed by atoms with Gasteiger partial charge in [-0.05, 0) is 37.3 Å². The van der Waals surface area contributed by atoms with Crippen LogP contribution < -0.4 is 4.90 Å². The van der Waals surface area contributed by atoms with Gasteiger partial charge in [0.1, 0.15) is 5.52 Å². The third-order valence-corrected chi connectivity index (χ3v) is 4.75. The van der Waals surface area contributed by atoms with Crippen LogP contribution in [0.5, 0.6) is 0 Å². The van der Waals surface area contributed by atoms with E-state index in [0.717, 1.165) is 43.8 Å². The molecule has 3 aromatic rings. The predicted octanol–water partition coefficient (Wildman–Crippen LogP) is 2.41. The standard InChI is InChI=1S/C19H21N5O/c1-2-24-18-9-8-15(14-17(18)20-21-24)19(25)23-12-10-22(11-13-23)16-6-4-3-5-7-16/h3-9,14H,2,10-13H2,1H3. The van der Waals surface area contributed by atoms with Crippen molar-refractivity contribution in [3.05, 3.63) is 54.1 Å². The Kier molecular flexibility index (Phi) is 4.09. The van der Waals surface area contributed by atoms with Crippen molar-refractivity contribution >= 4 is 22.6 Å². The number of amides is 1. The molecule has 6 heteroatoms. The smallest absolute Gasteiger partial charge is 0.254 e. The minimum Gasteiger partial charge on any atom is -0.368 e. The van der Waals surface area contributed by atoms with E-state index in [1.807, 2.05) is 52.9 Å². The molecule has 6 nitrogen and oxygen atoms in total. The second-order valence-corrected chi connectivity index (χ2v) is 6.22. The zero-order chi connectivity index (χ0) is 17.2. The maximum Gasteiger partial charge on any atom is 0.254 e. The van der Waals surface area contributed by atoms with Gasteiger partial charge in [0.2, 0.25) is 0 Å². The first kappa shape index (κ1) is 15.6. The van der Waals surface area contributed by atoms with Gasteiger partial charge in [-0.1, -0.05) is 23.4 Å². The summed E-state index contributed by atoms with van der Waals surface area (Å²) in [5, 5.41) is 8.27. The van der Waals surface area contributed by atoms with Gasteiger partial charge in [-0.2, -0.15) is 0 Å². The van der Waals surface area contributed by atoms with Crippen molar-refractivity contribution in [3.8, 4) is 0 Å². The lowest BCUT2D eigenvalue weighted by Gasteiger charge is -2.36. The first-order valence-electron chi connectivity index (χ1n) is 8.69. The van der Waals surface area contributed by atoms with Gasteiger partial charge < -0.3 is 9.80 Å². The Labute approximate surface area is 146 Å². The molecule has 0 spiro atoms. The molecule has 1 amide bonds. The molecule has 0 radical (unpaired) electrons. The Balaban J connectivity index is 1.47. The third-order valence-electron chi connectivity index (χ3n) is 4.75. The molecule has 128 valence electrons. The zero-order valence-electron chi connectivity index (χ0n) is 14.3. The molecule has 1 saturated heterocycles. The van der Waals surface area contributed by atoms with Crippen LogP contribution in [-0.4, -0.2) is 52.0 Å². The third kappa shape index (κ3) is 2.95. The van der Waals surface area contributed by atoms with E-state index in [1.54, 1.807) is 0 Å². The van der Waals surface area contributed by atoms with Crippen LogP contribution in [0.3, 0.4) is 0 Å². The van der Waals surface area contributed by atoms with Crippen LogP contribution in [0.4, 0.5) is 5.69 Å². The maximum atomic E-state index is 12.8. The van der Waals surface area contributed by atoms with Crippen molar-refractivity contribution in [2.75, 3.05) is 31.1 Å². The van der Waals surface area contributed by atoms with E-state index in [9.17, 15) is 4.79 Å². The number of nitrogens with zero attached hydrogens (tertiary/aromatic N) is 5. The Morgan fingerprint density at radius 1 is 1.04 bits per heavy atom. The molecule has 1 fully saturated rings. The molecule has 4 rings (SSSR count). The number of hydrogen-bond acceptors (Lipinski definition) is 4. The number of piperazine rings is 1. The van der Waals surface area contributed by atoms with E-state index in [0.29, 0.717) is 5.56 Å². The number of hydrogen-bond donors (Lipinski definition) is 0. The molecule has 0 saturated carbocycles. The lowest BCUT2D eigenvalue weighted by Crippen LogP contribution is -2.48. The number of carbonyl (C=O) groups excluding carboxylic acids is 1. The van der Waals surface area contributed by atoms with Gasteiger partial charge in [0, 0.05) is 44.0 Å². The number of aromatic nitrogens is 3. The molecule has 0 bridgehead atoms. The molecule has 0 aliphatic carbocycles. The van der Waals surface area contributed by atoms with E-state index in [4.69, 9.17) is 0 Å². The van der Waals surface area contributed by atoms with Crippen molar-refractivity contribution in [1.82, 2.24) is 19.9 Å². The molecule has 0 atom stereocenters. The maximum absolute atomic E-state index is 12.8. The van der Waals surface area contributed by atoms with Crippen molar-refractivity contribution in [1.29, 1.82) is 0 Å². The summed E-state index contributed by atoms with van der Waals surface area (Å²) in [6.07, 6.45) is 0. The average molecular weight is 335 g/mol. The molecule has 0 N–H and O–H groups in total. The van der Waals surface area contributed by atoms with Crippen molar-refractivity contribution < 1.29 is 4.79 Å². The summed E-state index contributed by atoms with van der Waals surface area (Å²) in [6, 6.07) is 16.0. The van der Waals surface area contributed by atoms with Gasteiger partial charge in [0.15, 0.2) is 0 Å². The highest BCUT2D eigenvalue weighted by Crippen LogP contribution is 2.18. The highest BCUT2D eigenvalue weighted by Gasteiger charge is 2.22. The van der Waals surface area contributed by atoms with E-state index < -0.39 is 0 Å². The first-order valence-corrected chi connectivity index (χ1v) is 8.69. The van der Waals surface area contributed by atoms with Gasteiger partial charge in [-0.3, -0.25) is 4.79 Å². The van der Waals surface area contributed by atoms with Gasteiger partial charge in [0.25, 0.3) is 5.91 Å². The molecule has 1 aliphatic rings. The summed E-state index contributed by atoms with van der Waals surface area (Å²) in [6.45, 7) is 5.96. The highest BCUT2D eigenvalue weighted by molar-refractivity contribution is 5.97. The van der Waals surface area contributed by atoms with Crippen LogP contribution in [0.1, 0.15) is 17.3 Å². The molecule has 2 aromatic carbocycles. The first-order chi connectivity index (χ1) is 12.3. The van der Waals surface area contributed by atoms with Gasteiger partial charge in [0.05, 0.1) is 5.52 Å². The Morgan fingerprint density at radius 2 is 1.80 bits per heavy atom. The fraction of sp³-hybridized carbons (Fsp3) is 0.316. The lowest BCUT2D eigenvalue weighted by molar-refractivity contribution is 0.0747. The van der Waals surface area contributed by atoms with E-state index in [1.165, 1.54) is 5.69 Å². The van der Waals surface area contributed by atoms with Crippen LogP contribution >= 0.6 is 0 Å². The number of anilines is 1. The molecular formula is C19H21N5O. The summed E-state index contributed by atoms with van der Waals surface area (Å²) in [5.41, 5.74) is 3.64. The fourth-order valence-corrected chi connectivity index (χ4v) is 3.33. The van der Waals surface area contributed by atoms with Crippen LogP contribution in [-0.2, 0) is 6.54 Å². The second-order valence-electron chi connectivity index (χ2n) is 6.22. The predicted molar refractivity (Wildman–Crippen MR) is 97.8 cm³/mol. The van der Waals surface area contributed by atoms with E-state index in [2.05, 4.69) is 27.3 Å². The van der Waals surface area contributed by atoms with Gasteiger partial charge in [-0.15, -0.1) is 5.10 Å². The molecular weight excluding hydrogens is 314 g/mol. The van der Waals surface area contributed by atoms with Crippen molar-refractivity contribution in [2.24, 2.45) is 0 Å². The lowest BCUT2D eigenvalue weighted by atomic mass is 10.1. The Bertz CT molecular complexity index is 881. The quantitative estimate of drug-likeness (QED) is 0.738. The summed E-state index contributed by atoms with van der Waals surface area (Å²) in [5.74, 6) is 0.0701. The Hall–Kier alpha value is -2.89. The summed E-state index contributed by atoms with van der Waals surface area (Å²) in [4.78, 5) is 17.1. The number of benzene rings is 2. The van der Waals surface area contributed by atoms with Crippen LogP contribution in [0.25, 0.3) is 11.0 Å². The topological polar surface area (TPSA) is 54.3 Å². The number of fused-ring (bicyclic) bond motifs is 1. The summed E-state index contributed by atoms with van der Waals surface area (Å²) >= 11 is 0. The van der Waals surface area contributed by atoms with Crippen molar-refractivity contribution in [2.45, 2.75) is 13.5 Å². The largest absolute Gasteiger partial charge is 0.368 e. The van der Waals surface area contributed by atoms with Gasteiger partial charge in [-0.25, -0.2) is 4.68 Å². The number of para-hydroxylation sites is 1. The van der Waals surface area contributed by atoms with E-state index >= 15 is 0 Å². The molecule has 2 heterocycles. The molecule has 0 unspecified atom stereocenters. The van der Waals surface area contributed by atoms with Crippen LogP contribution in [0.2, 0.25) is 0 Å². The minimum atomic E-state index is 0.0701. The van der Waals surface area contributed by atoms with Gasteiger partial charge >= 0.3 is 0 Å². The SMILES string of the molecule is CCn1nnc2cc(C(=O)N3CCN(c4ccccc4)CC3)ccc21. The number of carbonyl (C=O) groups is 1. The average Bonchev–Trinajstić information content (AvgIpc) is 3.10. The molecule has 1 aliphatic heterocycles. The normalized spacial score (nSPS) is 14.9. The van der Waals surface area contributed by atoms with Crippen LogP contribution in [0, 0.1) is 0 Å². The fourth-order valence-electron chi connectivity index (χ4n) is 3.33. The summed E-state index contributed by atoms with van der Waals surface area (Å²) < 4.78 is 1.84. The zero-order valence-corrected chi connectivity index (χ0v) is 14.3. The van der Waals surface area contributed by atoms with E-state index in [-0.39, 0.29) is 5.91 Å². The van der Waals surface area contributed by atoms with Crippen molar-refractivity contribution in [3.63, 3.8) is 0 Å². The number of rotatable bonds is 3. The molecule has 25 heavy (non-hydrogen) atoms. The Morgan fingerprint density at radius 3 is 2.52 bits per heavy atom. The monoisotopic (exact) mass is 335 g/mol. The summed E-state index contributed by atoms with van der Waals surface area (Å²) in [7, 11) is 0. The molecule has 1 aromatic heterocycles.